The van der Waals surface area contributed by atoms with Crippen LogP contribution in [0.1, 0.15) is 52.8 Å². The van der Waals surface area contributed by atoms with E-state index in [2.05, 4.69) is 5.43 Å². The van der Waals surface area contributed by atoms with Gasteiger partial charge in [-0.1, -0.05) is 12.1 Å². The second kappa shape index (κ2) is 6.28. The number of amides is 2. The number of rotatable bonds is 2. The monoisotopic (exact) mass is 314 g/mol. The van der Waals surface area contributed by atoms with E-state index >= 15 is 0 Å². The summed E-state index contributed by atoms with van der Waals surface area (Å²) in [4.78, 5) is 25.2. The highest BCUT2D eigenvalue weighted by atomic mass is 16.3. The van der Waals surface area contributed by atoms with E-state index in [1.165, 1.54) is 11.3 Å². The summed E-state index contributed by atoms with van der Waals surface area (Å²) < 4.78 is 5.16. The van der Waals surface area contributed by atoms with Crippen molar-refractivity contribution in [2.24, 2.45) is 0 Å². The van der Waals surface area contributed by atoms with Crippen molar-refractivity contribution < 1.29 is 14.0 Å². The predicted octanol–water partition coefficient (Wildman–Crippen LogP) is 3.48. The van der Waals surface area contributed by atoms with Gasteiger partial charge >= 0.3 is 5.91 Å². The number of aryl methyl sites for hydroxylation is 1. The first-order chi connectivity index (χ1) is 10.7. The summed E-state index contributed by atoms with van der Waals surface area (Å²) in [6.07, 6.45) is 1.43. The average Bonchev–Trinajstić information content (AvgIpc) is 2.99. The molecule has 5 nitrogen and oxygen atoms in total. The van der Waals surface area contributed by atoms with E-state index in [1.807, 2.05) is 46.8 Å². The molecule has 0 saturated carbocycles. The molecule has 2 aromatic rings. The molecule has 122 valence electrons. The quantitative estimate of drug-likeness (QED) is 0.863. The predicted molar refractivity (Wildman–Crippen MR) is 88.0 cm³/mol. The van der Waals surface area contributed by atoms with E-state index in [0.717, 1.165) is 11.1 Å². The molecular weight excluding hydrogens is 292 g/mol. The molecule has 5 heteroatoms. The SMILES string of the molecule is Cc1cccc(C(=O)NN(C(=O)c2ccco2)C(C)(C)C)c1C. The van der Waals surface area contributed by atoms with Crippen LogP contribution in [0.5, 0.6) is 0 Å². The lowest BCUT2D eigenvalue weighted by molar-refractivity contribution is 0.0333. The van der Waals surface area contributed by atoms with Crippen LogP contribution in [0.15, 0.2) is 41.0 Å². The molecule has 0 atom stereocenters. The molecule has 1 N–H and O–H groups in total. The Bertz CT molecular complexity index is 712. The number of carbonyl (C=O) groups is 2. The van der Waals surface area contributed by atoms with Crippen molar-refractivity contribution in [3.8, 4) is 0 Å². The van der Waals surface area contributed by atoms with Gasteiger partial charge in [-0.2, -0.15) is 0 Å². The molecule has 0 fully saturated rings. The smallest absolute Gasteiger partial charge is 0.308 e. The first kappa shape index (κ1) is 16.8. The Hall–Kier alpha value is -2.56. The van der Waals surface area contributed by atoms with Gasteiger partial charge < -0.3 is 4.42 Å². The van der Waals surface area contributed by atoms with Gasteiger partial charge in [-0.3, -0.25) is 15.0 Å². The molecule has 1 aromatic carbocycles. The molecule has 0 unspecified atom stereocenters. The van der Waals surface area contributed by atoms with Crippen LogP contribution in [0, 0.1) is 13.8 Å². The summed E-state index contributed by atoms with van der Waals surface area (Å²) in [5.41, 5.74) is 4.58. The van der Waals surface area contributed by atoms with Crippen LogP contribution in [0.2, 0.25) is 0 Å². The van der Waals surface area contributed by atoms with Gasteiger partial charge in [0, 0.05) is 5.56 Å². The zero-order valence-electron chi connectivity index (χ0n) is 14.1. The highest BCUT2D eigenvalue weighted by Gasteiger charge is 2.31. The molecule has 0 aliphatic heterocycles. The van der Waals surface area contributed by atoms with Gasteiger partial charge in [0.1, 0.15) is 0 Å². The Morgan fingerprint density at radius 2 is 1.78 bits per heavy atom. The molecule has 23 heavy (non-hydrogen) atoms. The van der Waals surface area contributed by atoms with Gasteiger partial charge in [0.2, 0.25) is 0 Å². The molecule has 0 bridgehead atoms. The first-order valence-electron chi connectivity index (χ1n) is 7.47. The minimum atomic E-state index is -0.600. The summed E-state index contributed by atoms with van der Waals surface area (Å²) in [5.74, 6) is -0.525. The Morgan fingerprint density at radius 3 is 2.35 bits per heavy atom. The van der Waals surface area contributed by atoms with Gasteiger partial charge in [-0.15, -0.1) is 0 Å². The van der Waals surface area contributed by atoms with Gasteiger partial charge in [0.25, 0.3) is 5.91 Å². The van der Waals surface area contributed by atoms with Crippen LogP contribution in [0.4, 0.5) is 0 Å². The molecular formula is C18H22N2O3. The minimum Gasteiger partial charge on any atom is -0.459 e. The number of nitrogens with one attached hydrogen (secondary N) is 1. The molecule has 0 aliphatic carbocycles. The van der Waals surface area contributed by atoms with Crippen LogP contribution in [-0.2, 0) is 0 Å². The van der Waals surface area contributed by atoms with E-state index in [1.54, 1.807) is 18.2 Å². The molecule has 0 aliphatic rings. The van der Waals surface area contributed by atoms with Crippen LogP contribution < -0.4 is 5.43 Å². The zero-order chi connectivity index (χ0) is 17.2. The van der Waals surface area contributed by atoms with Crippen molar-refractivity contribution in [2.75, 3.05) is 0 Å². The number of furan rings is 1. The second-order valence-corrected chi connectivity index (χ2v) is 6.48. The topological polar surface area (TPSA) is 62.6 Å². The maximum Gasteiger partial charge on any atom is 0.308 e. The van der Waals surface area contributed by atoms with Gasteiger partial charge in [-0.25, -0.2) is 5.01 Å². The van der Waals surface area contributed by atoms with Crippen molar-refractivity contribution in [3.05, 3.63) is 59.0 Å². The summed E-state index contributed by atoms with van der Waals surface area (Å²) in [6.45, 7) is 9.37. The van der Waals surface area contributed by atoms with Crippen molar-refractivity contribution >= 4 is 11.8 Å². The third-order valence-electron chi connectivity index (χ3n) is 3.67. The molecule has 2 amide bonds. The molecule has 0 saturated heterocycles. The average molecular weight is 314 g/mol. The molecule has 2 rings (SSSR count). The third kappa shape index (κ3) is 3.62. The summed E-state index contributed by atoms with van der Waals surface area (Å²) in [6, 6.07) is 8.73. The number of nitrogens with zero attached hydrogens (tertiary/aromatic N) is 1. The molecule has 1 aromatic heterocycles. The largest absolute Gasteiger partial charge is 0.459 e. The van der Waals surface area contributed by atoms with Crippen LogP contribution in [0.25, 0.3) is 0 Å². The highest BCUT2D eigenvalue weighted by molar-refractivity contribution is 5.99. The molecule has 1 heterocycles. The Morgan fingerprint density at radius 1 is 1.09 bits per heavy atom. The maximum atomic E-state index is 12.6. The van der Waals surface area contributed by atoms with Crippen LogP contribution >= 0.6 is 0 Å². The van der Waals surface area contributed by atoms with Crippen molar-refractivity contribution in [1.82, 2.24) is 10.4 Å². The van der Waals surface area contributed by atoms with E-state index in [0.29, 0.717) is 5.56 Å². The summed E-state index contributed by atoms with van der Waals surface area (Å²) in [7, 11) is 0. The Balaban J connectivity index is 2.30. The van der Waals surface area contributed by atoms with E-state index in [9.17, 15) is 9.59 Å². The Kier molecular flexibility index (Phi) is 4.59. The highest BCUT2D eigenvalue weighted by Crippen LogP contribution is 2.18. The summed E-state index contributed by atoms with van der Waals surface area (Å²) in [5, 5.41) is 1.30. The number of hydrazine groups is 1. The van der Waals surface area contributed by atoms with Crippen LogP contribution in [0.3, 0.4) is 0 Å². The maximum absolute atomic E-state index is 12.6. The number of hydrogen-bond donors (Lipinski definition) is 1. The lowest BCUT2D eigenvalue weighted by Gasteiger charge is -2.35. The standard InChI is InChI=1S/C18H22N2O3/c1-12-8-6-9-14(13(12)2)16(21)19-20(18(3,4)5)17(22)15-10-7-11-23-15/h6-11H,1-5H3,(H,19,21). The van der Waals surface area contributed by atoms with Crippen molar-refractivity contribution in [3.63, 3.8) is 0 Å². The van der Waals surface area contributed by atoms with Crippen molar-refractivity contribution in [1.29, 1.82) is 0 Å². The van der Waals surface area contributed by atoms with E-state index in [-0.39, 0.29) is 17.6 Å². The third-order valence-corrected chi connectivity index (χ3v) is 3.67. The second-order valence-electron chi connectivity index (χ2n) is 6.48. The molecule has 0 radical (unpaired) electrons. The van der Waals surface area contributed by atoms with Gasteiger partial charge in [-0.05, 0) is 63.9 Å². The Labute approximate surface area is 136 Å². The fourth-order valence-corrected chi connectivity index (χ4v) is 2.19. The fourth-order valence-electron chi connectivity index (χ4n) is 2.19. The van der Waals surface area contributed by atoms with Crippen LogP contribution in [-0.4, -0.2) is 22.4 Å². The van der Waals surface area contributed by atoms with Gasteiger partial charge in [0.05, 0.1) is 11.8 Å². The lowest BCUT2D eigenvalue weighted by Crippen LogP contribution is -2.55. The fraction of sp³-hybridized carbons (Fsp3) is 0.333. The summed E-state index contributed by atoms with van der Waals surface area (Å²) >= 11 is 0. The lowest BCUT2D eigenvalue weighted by atomic mass is 10.0. The first-order valence-corrected chi connectivity index (χ1v) is 7.47. The number of benzene rings is 1. The number of hydrogen-bond acceptors (Lipinski definition) is 3. The van der Waals surface area contributed by atoms with E-state index < -0.39 is 5.54 Å². The number of carbonyl (C=O) groups excluding carboxylic acids is 2. The van der Waals surface area contributed by atoms with Gasteiger partial charge in [0.15, 0.2) is 5.76 Å². The normalized spacial score (nSPS) is 11.2. The molecule has 0 spiro atoms. The van der Waals surface area contributed by atoms with E-state index in [4.69, 9.17) is 4.42 Å². The zero-order valence-corrected chi connectivity index (χ0v) is 14.1. The minimum absolute atomic E-state index is 0.182. The van der Waals surface area contributed by atoms with Crippen molar-refractivity contribution in [2.45, 2.75) is 40.2 Å².